The van der Waals surface area contributed by atoms with Crippen LogP contribution in [0.1, 0.15) is 17.5 Å². The van der Waals surface area contributed by atoms with E-state index in [4.69, 9.17) is 32.7 Å². The van der Waals surface area contributed by atoms with Crippen LogP contribution in [0, 0.1) is 0 Å². The second kappa shape index (κ2) is 11.7. The first-order valence-corrected chi connectivity index (χ1v) is 14.6. The Morgan fingerprint density at radius 2 is 1.56 bits per heavy atom. The Morgan fingerprint density at radius 1 is 0.927 bits per heavy atom. The number of benzene rings is 3. The predicted molar refractivity (Wildman–Crippen MR) is 144 cm³/mol. The average molecular weight is 708 g/mol. The number of nitrogens with one attached hydrogen (secondary N) is 1. The Hall–Kier alpha value is -2.39. The van der Waals surface area contributed by atoms with Gasteiger partial charge >= 0.3 is 12.4 Å². The molecule has 1 aliphatic heterocycles. The molecule has 16 heteroatoms. The lowest BCUT2D eigenvalue weighted by molar-refractivity contribution is -0.139. The number of hydrogen-bond donors (Lipinski definition) is 1. The van der Waals surface area contributed by atoms with Crippen LogP contribution in [0.15, 0.2) is 57.9 Å². The van der Waals surface area contributed by atoms with E-state index in [1.807, 2.05) is 4.90 Å². The Morgan fingerprint density at radius 3 is 2.12 bits per heavy atom. The fourth-order valence-corrected chi connectivity index (χ4v) is 6.67. The van der Waals surface area contributed by atoms with Crippen molar-refractivity contribution in [3.8, 4) is 17.2 Å². The predicted octanol–water partition coefficient (Wildman–Crippen LogP) is 8.47. The Kier molecular flexibility index (Phi) is 9.01. The van der Waals surface area contributed by atoms with E-state index in [1.165, 1.54) is 18.2 Å². The lowest BCUT2D eigenvalue weighted by Gasteiger charge is -2.20. The summed E-state index contributed by atoms with van der Waals surface area (Å²) in [6.07, 6.45) is -9.84. The number of nitrogens with zero attached hydrogens (tertiary/aromatic N) is 1. The van der Waals surface area contributed by atoms with Gasteiger partial charge < -0.3 is 14.4 Å². The van der Waals surface area contributed by atoms with Gasteiger partial charge in [0.1, 0.15) is 28.2 Å². The number of alkyl halides is 6. The van der Waals surface area contributed by atoms with Gasteiger partial charge in [0.25, 0.3) is 10.0 Å². The van der Waals surface area contributed by atoms with Gasteiger partial charge in [0.2, 0.25) is 0 Å². The first-order chi connectivity index (χ1) is 18.9. The van der Waals surface area contributed by atoms with E-state index in [2.05, 4.69) is 20.7 Å². The minimum atomic E-state index is -4.95. The van der Waals surface area contributed by atoms with Crippen molar-refractivity contribution in [1.29, 1.82) is 0 Å². The van der Waals surface area contributed by atoms with Gasteiger partial charge in [-0.1, -0.05) is 23.2 Å². The molecule has 1 saturated heterocycles. The summed E-state index contributed by atoms with van der Waals surface area (Å²) in [6, 6.07) is 7.20. The summed E-state index contributed by atoms with van der Waals surface area (Å²) < 4.78 is 121. The Labute approximate surface area is 249 Å². The number of likely N-dealkylation sites (tertiary alicyclic amines) is 1. The van der Waals surface area contributed by atoms with Crippen LogP contribution < -0.4 is 14.2 Å². The van der Waals surface area contributed by atoms with Gasteiger partial charge in [0.15, 0.2) is 0 Å². The molecule has 222 valence electrons. The average Bonchev–Trinajstić information content (AvgIpc) is 3.22. The van der Waals surface area contributed by atoms with Crippen LogP contribution in [0.25, 0.3) is 0 Å². The van der Waals surface area contributed by atoms with Crippen molar-refractivity contribution in [2.75, 3.05) is 24.9 Å². The highest BCUT2D eigenvalue weighted by molar-refractivity contribution is 9.10. The second-order valence-electron chi connectivity index (χ2n) is 9.09. The first-order valence-electron chi connectivity index (χ1n) is 11.6. The lowest BCUT2D eigenvalue weighted by atomic mass is 10.1. The monoisotopic (exact) mass is 706 g/mol. The molecule has 6 nitrogen and oxygen atoms in total. The number of rotatable bonds is 7. The summed E-state index contributed by atoms with van der Waals surface area (Å²) >= 11 is 14.6. The quantitative estimate of drug-likeness (QED) is 0.250. The topological polar surface area (TPSA) is 67.9 Å². The van der Waals surface area contributed by atoms with Crippen LogP contribution in [0.4, 0.5) is 32.0 Å². The molecule has 0 amide bonds. The van der Waals surface area contributed by atoms with E-state index < -0.39 is 60.5 Å². The highest BCUT2D eigenvalue weighted by Crippen LogP contribution is 2.44. The van der Waals surface area contributed by atoms with E-state index in [0.29, 0.717) is 37.7 Å². The molecule has 1 N–H and O–H groups in total. The van der Waals surface area contributed by atoms with Gasteiger partial charge in [-0.05, 0) is 65.8 Å². The first kappa shape index (κ1) is 31.5. The molecule has 41 heavy (non-hydrogen) atoms. The normalized spacial score (nSPS) is 16.6. The number of anilines is 1. The van der Waals surface area contributed by atoms with Crippen molar-refractivity contribution in [3.63, 3.8) is 0 Å². The molecule has 1 heterocycles. The summed E-state index contributed by atoms with van der Waals surface area (Å²) in [4.78, 5) is 1.18. The van der Waals surface area contributed by atoms with Crippen molar-refractivity contribution in [2.45, 2.75) is 29.8 Å². The van der Waals surface area contributed by atoms with Crippen molar-refractivity contribution in [1.82, 2.24) is 4.90 Å². The van der Waals surface area contributed by atoms with E-state index in [0.717, 1.165) is 12.1 Å². The standard InChI is InChI=1S/C25H19BrCl2F6N2O4S/c1-36-5-4-16(12-36)39-21-9-15(2-3-18(21)24(29,30)31)35-41(37,38)23-11-22(19(10-20(23)26)25(32,33)34)40-17-7-13(27)6-14(28)8-17/h2-3,6-11,16,35H,4-5,12H2,1H3/t16-/m1/s1. The summed E-state index contributed by atoms with van der Waals surface area (Å²) in [5.74, 6) is -1.68. The molecule has 1 fully saturated rings. The smallest absolute Gasteiger partial charge is 0.420 e. The van der Waals surface area contributed by atoms with E-state index >= 15 is 0 Å². The molecule has 3 aromatic carbocycles. The third-order valence-electron chi connectivity index (χ3n) is 5.87. The molecule has 1 aliphatic rings. The maximum absolute atomic E-state index is 13.8. The van der Waals surface area contributed by atoms with E-state index in [1.54, 1.807) is 7.05 Å². The molecule has 0 unspecified atom stereocenters. The molecular weight excluding hydrogens is 689 g/mol. The number of likely N-dealkylation sites (N-methyl/N-ethyl adjacent to an activating group) is 1. The largest absolute Gasteiger partial charge is 0.488 e. The zero-order valence-corrected chi connectivity index (χ0v) is 24.6. The number of halogens is 9. The molecule has 0 radical (unpaired) electrons. The molecular formula is C25H19BrCl2F6N2O4S. The lowest BCUT2D eigenvalue weighted by Crippen LogP contribution is -2.23. The second-order valence-corrected chi connectivity index (χ2v) is 12.5. The van der Waals surface area contributed by atoms with Gasteiger partial charge in [-0.25, -0.2) is 8.42 Å². The molecule has 0 saturated carbocycles. The van der Waals surface area contributed by atoms with Gasteiger partial charge in [-0.3, -0.25) is 4.72 Å². The molecule has 0 aliphatic carbocycles. The molecule has 0 aromatic heterocycles. The number of sulfonamides is 1. The minimum Gasteiger partial charge on any atom is -0.488 e. The maximum atomic E-state index is 13.8. The van der Waals surface area contributed by atoms with Crippen LogP contribution in [-0.2, 0) is 22.4 Å². The molecule has 0 spiro atoms. The molecule has 3 aromatic rings. The van der Waals surface area contributed by atoms with Crippen molar-refractivity contribution in [3.05, 3.63) is 74.2 Å². The van der Waals surface area contributed by atoms with E-state index in [-0.39, 0.29) is 21.5 Å². The fraction of sp³-hybridized carbons (Fsp3) is 0.280. The van der Waals surface area contributed by atoms with Crippen molar-refractivity contribution in [2.24, 2.45) is 0 Å². The maximum Gasteiger partial charge on any atom is 0.420 e. The third-order valence-corrected chi connectivity index (χ3v) is 8.65. The Balaban J connectivity index is 1.72. The Bertz CT molecular complexity index is 1550. The van der Waals surface area contributed by atoms with E-state index in [9.17, 15) is 34.8 Å². The van der Waals surface area contributed by atoms with Crippen LogP contribution >= 0.6 is 39.1 Å². The van der Waals surface area contributed by atoms with Crippen LogP contribution in [-0.4, -0.2) is 39.6 Å². The van der Waals surface area contributed by atoms with Crippen LogP contribution in [0.3, 0.4) is 0 Å². The number of ether oxygens (including phenoxy) is 2. The summed E-state index contributed by atoms with van der Waals surface area (Å²) in [5, 5.41) is 0.106. The van der Waals surface area contributed by atoms with Crippen molar-refractivity contribution < 1.29 is 44.2 Å². The number of hydrogen-bond acceptors (Lipinski definition) is 5. The zero-order valence-electron chi connectivity index (χ0n) is 20.7. The van der Waals surface area contributed by atoms with Gasteiger partial charge in [0, 0.05) is 39.7 Å². The van der Waals surface area contributed by atoms with Gasteiger partial charge in [-0.2, -0.15) is 26.3 Å². The fourth-order valence-electron chi connectivity index (χ4n) is 4.06. The summed E-state index contributed by atoms with van der Waals surface area (Å²) in [7, 11) is -2.90. The molecule has 4 rings (SSSR count). The van der Waals surface area contributed by atoms with Gasteiger partial charge in [-0.15, -0.1) is 0 Å². The summed E-state index contributed by atoms with van der Waals surface area (Å²) in [6.45, 7) is 0.971. The highest BCUT2D eigenvalue weighted by atomic mass is 79.9. The van der Waals surface area contributed by atoms with Gasteiger partial charge in [0.05, 0.1) is 16.8 Å². The highest BCUT2D eigenvalue weighted by Gasteiger charge is 2.38. The third kappa shape index (κ3) is 7.72. The minimum absolute atomic E-state index is 0.0530. The molecule has 1 atom stereocenters. The summed E-state index contributed by atoms with van der Waals surface area (Å²) in [5.41, 5.74) is -2.73. The zero-order chi connectivity index (χ0) is 30.3. The molecule has 0 bridgehead atoms. The van der Waals surface area contributed by atoms with Crippen LogP contribution in [0.5, 0.6) is 17.2 Å². The van der Waals surface area contributed by atoms with Crippen molar-refractivity contribution >= 4 is 54.8 Å². The SMILES string of the molecule is CN1CC[C@@H](Oc2cc(NS(=O)(=O)c3cc(Oc4cc(Cl)cc(Cl)c4)c(C(F)(F)F)cc3Br)ccc2C(F)(F)F)C1. The van der Waals surface area contributed by atoms with Crippen LogP contribution in [0.2, 0.25) is 10.0 Å².